The van der Waals surface area contributed by atoms with Gasteiger partial charge in [0, 0.05) is 55.8 Å². The van der Waals surface area contributed by atoms with Gasteiger partial charge in [-0.25, -0.2) is 0 Å². The summed E-state index contributed by atoms with van der Waals surface area (Å²) in [7, 11) is 9.68. The summed E-state index contributed by atoms with van der Waals surface area (Å²) in [6, 6.07) is -12.8. The van der Waals surface area contributed by atoms with Gasteiger partial charge >= 0.3 is 5.97 Å². The minimum absolute atomic E-state index is 0.0326. The normalized spacial score (nSPS) is 26.4. The number of likely N-dealkylation sites (N-methyl/N-ethyl adjacent to an activating group) is 7. The van der Waals surface area contributed by atoms with Crippen LogP contribution in [0.2, 0.25) is 0 Å². The van der Waals surface area contributed by atoms with E-state index in [1.165, 1.54) is 87.7 Å². The lowest BCUT2D eigenvalue weighted by molar-refractivity contribution is -0.157. The second-order valence-corrected chi connectivity index (χ2v) is 26.6. The van der Waals surface area contributed by atoms with Crippen LogP contribution in [0.15, 0.2) is 0 Å². The van der Waals surface area contributed by atoms with E-state index in [0.29, 0.717) is 0 Å². The molecule has 1 saturated heterocycles. The van der Waals surface area contributed by atoms with Crippen molar-refractivity contribution in [2.45, 2.75) is 229 Å². The van der Waals surface area contributed by atoms with Gasteiger partial charge in [-0.15, -0.1) is 0 Å². The topological polar surface area (TPSA) is 316 Å². The van der Waals surface area contributed by atoms with Crippen molar-refractivity contribution < 1.29 is 67.7 Å². The van der Waals surface area contributed by atoms with Crippen LogP contribution in [-0.4, -0.2) is 238 Å². The number of aliphatic hydroxyl groups excluding tert-OH is 1. The maximum atomic E-state index is 15.2. The number of hydrogen-bond acceptors (Lipinski definition) is 13. The molecule has 1 aliphatic heterocycles. The van der Waals surface area contributed by atoms with Gasteiger partial charge in [0.25, 0.3) is 0 Å². The van der Waals surface area contributed by atoms with E-state index >= 15 is 9.59 Å². The molecule has 0 aliphatic carbocycles. The highest BCUT2D eigenvalue weighted by molar-refractivity contribution is 5.99. The summed E-state index contributed by atoms with van der Waals surface area (Å²) >= 11 is 0. The summed E-state index contributed by atoms with van der Waals surface area (Å²) in [6.45, 7) is 27.0. The first kappa shape index (κ1) is 78.6. The monoisotopic (exact) mass is 1230 g/mol. The van der Waals surface area contributed by atoms with Crippen molar-refractivity contribution in [3.05, 3.63) is 0 Å². The van der Waals surface area contributed by atoms with E-state index in [1.807, 2.05) is 55.4 Å². The first-order chi connectivity index (χ1) is 40.1. The number of carboxylic acid groups (broad SMARTS) is 1. The number of nitrogens with zero attached hydrogens (tertiary/aromatic N) is 7. The Bertz CT molecular complexity index is 2380. The van der Waals surface area contributed by atoms with Gasteiger partial charge in [0.05, 0.1) is 12.6 Å². The molecular formula is C62H111N11O14. The molecule has 0 aromatic carbocycles. The number of rotatable bonds is 17. The zero-order valence-electron chi connectivity index (χ0n) is 56.7. The molecular weight excluding hydrogens is 1120 g/mol. The highest BCUT2D eigenvalue weighted by Gasteiger charge is 2.46. The number of amides is 11. The Kier molecular flexibility index (Phi) is 32.1. The van der Waals surface area contributed by atoms with Crippen LogP contribution in [0.1, 0.15) is 162 Å². The lowest BCUT2D eigenvalue weighted by Crippen LogP contribution is -2.63. The number of aliphatic carboxylic acids is 1. The molecule has 1 aliphatic rings. The van der Waals surface area contributed by atoms with Crippen molar-refractivity contribution in [3.63, 3.8) is 0 Å². The van der Waals surface area contributed by atoms with Gasteiger partial charge in [-0.05, 0) is 100 Å². The van der Waals surface area contributed by atoms with E-state index in [9.17, 15) is 58.2 Å². The predicted molar refractivity (Wildman–Crippen MR) is 331 cm³/mol. The fourth-order valence-electron chi connectivity index (χ4n) is 10.9. The summed E-state index contributed by atoms with van der Waals surface area (Å²) in [5.41, 5.74) is 0. The Morgan fingerprint density at radius 2 is 0.885 bits per heavy atom. The van der Waals surface area contributed by atoms with Gasteiger partial charge in [-0.3, -0.25) is 57.5 Å². The Hall–Kier alpha value is -6.40. The Labute approximate surface area is 518 Å². The van der Waals surface area contributed by atoms with E-state index in [4.69, 9.17) is 0 Å². The van der Waals surface area contributed by atoms with E-state index in [-0.39, 0.29) is 75.0 Å². The zero-order valence-corrected chi connectivity index (χ0v) is 56.7. The summed E-state index contributed by atoms with van der Waals surface area (Å²) in [4.78, 5) is 180. The van der Waals surface area contributed by atoms with E-state index in [0.717, 1.165) is 9.80 Å². The van der Waals surface area contributed by atoms with Gasteiger partial charge in [-0.1, -0.05) is 96.9 Å². The molecule has 1 heterocycles. The zero-order chi connectivity index (χ0) is 67.6. The highest BCUT2D eigenvalue weighted by Crippen LogP contribution is 2.26. The van der Waals surface area contributed by atoms with Crippen molar-refractivity contribution in [2.75, 3.05) is 55.9 Å². The SMILES string of the molecule is CC[C@@H]1NC(=O)[C@H]([C@H](O)[C@H](C)CCCC(=O)O)N(C)C(=O)[C@H](C(C)C)N(C)C(=O)[C@@H](CC(C)C)N(C)C(=O)[C@H](CC(C)C)N(C)C(=O)[C@@H](C)NC(=O)[C@H](C)NC(=O)[C@@H](CC(C)C)N(C)C(=O)[C@H](C(C)C)NC(=O)[C@H](CC(C)C)N(C)C(=O)CN(C)C1=O. The molecule has 25 heteroatoms. The molecule has 12 atom stereocenters. The maximum Gasteiger partial charge on any atom is 0.303 e. The number of carboxylic acids is 1. The number of nitrogens with one attached hydrogen (secondary N) is 4. The molecule has 0 spiro atoms. The first-order valence-corrected chi connectivity index (χ1v) is 31.0. The fraction of sp³-hybridized carbons (Fsp3) is 0.806. The lowest BCUT2D eigenvalue weighted by Gasteiger charge is -2.41. The molecule has 87 heavy (non-hydrogen) atoms. The van der Waals surface area contributed by atoms with E-state index < -0.39 is 162 Å². The van der Waals surface area contributed by atoms with Crippen LogP contribution >= 0.6 is 0 Å². The second-order valence-electron chi connectivity index (χ2n) is 26.6. The van der Waals surface area contributed by atoms with Gasteiger partial charge in [-0.2, -0.15) is 0 Å². The number of carbonyl (C=O) groups excluding carboxylic acids is 11. The molecule has 498 valence electrons. The lowest BCUT2D eigenvalue weighted by atomic mass is 9.90. The van der Waals surface area contributed by atoms with Crippen LogP contribution in [-0.2, 0) is 57.5 Å². The highest BCUT2D eigenvalue weighted by atomic mass is 16.4. The van der Waals surface area contributed by atoms with Crippen LogP contribution in [0, 0.1) is 41.4 Å². The van der Waals surface area contributed by atoms with Gasteiger partial charge in [0.2, 0.25) is 65.0 Å². The average Bonchev–Trinajstić information content (AvgIpc) is 1.19. The maximum absolute atomic E-state index is 15.2. The molecule has 0 radical (unpaired) electrons. The van der Waals surface area contributed by atoms with Crippen LogP contribution in [0.5, 0.6) is 0 Å². The Morgan fingerprint density at radius 1 is 0.471 bits per heavy atom. The van der Waals surface area contributed by atoms with E-state index in [1.54, 1.807) is 41.5 Å². The van der Waals surface area contributed by atoms with Crippen LogP contribution in [0.4, 0.5) is 0 Å². The van der Waals surface area contributed by atoms with Crippen molar-refractivity contribution in [1.82, 2.24) is 55.6 Å². The molecule has 0 bridgehead atoms. The predicted octanol–water partition coefficient (Wildman–Crippen LogP) is 2.56. The van der Waals surface area contributed by atoms with Gasteiger partial charge in [0.15, 0.2) is 0 Å². The largest absolute Gasteiger partial charge is 0.481 e. The molecule has 0 unspecified atom stereocenters. The third-order valence-corrected chi connectivity index (χ3v) is 16.4. The van der Waals surface area contributed by atoms with E-state index in [2.05, 4.69) is 21.3 Å². The standard InChI is InChI=1S/C62H111N11O14/c1-24-42-58(83)67(17)32-47(74)68(18)43(28-33(2)3)55(80)66-49(37(10)11)61(86)69(19)44(29-34(4)5)54(79)63-40(15)53(78)64-41(16)57(82)70(20)45(30-35(6)7)59(84)71(21)46(31-36(8)9)60(85)72(22)50(38(12)13)62(87)73(23)51(56(81)65-42)52(77)39(14)26-25-27-48(75)76/h33-46,49-52,77H,24-32H2,1-23H3,(H,63,79)(H,64,78)(H,65,81)(H,66,80)(H,75,76)/t39-,40+,41-,42+,43+,44-,45+,46-,49+,50+,51+,52-/m1/s1. The molecule has 11 amide bonds. The minimum Gasteiger partial charge on any atom is -0.481 e. The minimum atomic E-state index is -1.73. The number of carbonyl (C=O) groups is 12. The average molecular weight is 1230 g/mol. The molecule has 0 saturated carbocycles. The fourth-order valence-corrected chi connectivity index (χ4v) is 10.9. The van der Waals surface area contributed by atoms with Gasteiger partial charge in [0.1, 0.15) is 60.4 Å². The van der Waals surface area contributed by atoms with Crippen LogP contribution in [0.25, 0.3) is 0 Å². The Morgan fingerprint density at radius 3 is 1.33 bits per heavy atom. The van der Waals surface area contributed by atoms with Crippen LogP contribution in [0.3, 0.4) is 0 Å². The van der Waals surface area contributed by atoms with Crippen molar-refractivity contribution >= 4 is 70.9 Å². The van der Waals surface area contributed by atoms with Crippen LogP contribution < -0.4 is 21.3 Å². The van der Waals surface area contributed by atoms with Crippen molar-refractivity contribution in [2.24, 2.45) is 41.4 Å². The van der Waals surface area contributed by atoms with Crippen molar-refractivity contribution in [1.29, 1.82) is 0 Å². The quantitative estimate of drug-likeness (QED) is 0.122. The summed E-state index contributed by atoms with van der Waals surface area (Å²) in [6.07, 6.45) is -1.19. The smallest absolute Gasteiger partial charge is 0.303 e. The number of hydrogen-bond donors (Lipinski definition) is 6. The molecule has 1 fully saturated rings. The third-order valence-electron chi connectivity index (χ3n) is 16.4. The van der Waals surface area contributed by atoms with Crippen molar-refractivity contribution in [3.8, 4) is 0 Å². The summed E-state index contributed by atoms with van der Waals surface area (Å²) in [5.74, 6) is -11.6. The molecule has 0 aromatic heterocycles. The third kappa shape index (κ3) is 22.6. The van der Waals surface area contributed by atoms with Gasteiger partial charge < -0.3 is 65.8 Å². The first-order valence-electron chi connectivity index (χ1n) is 31.0. The number of aliphatic hydroxyl groups is 1. The molecule has 0 aromatic rings. The summed E-state index contributed by atoms with van der Waals surface area (Å²) in [5, 5.41) is 32.4. The summed E-state index contributed by atoms with van der Waals surface area (Å²) < 4.78 is 0. The molecule has 6 N–H and O–H groups in total. The molecule has 25 nitrogen and oxygen atoms in total. The Balaban J connectivity index is 4.34. The molecule has 1 rings (SSSR count). The second kappa shape index (κ2) is 35.6.